The van der Waals surface area contributed by atoms with E-state index >= 15 is 0 Å². The first-order valence-corrected chi connectivity index (χ1v) is 7.26. The third kappa shape index (κ3) is 3.58. The maximum Gasteiger partial charge on any atom is 0.317 e. The molecule has 0 aromatic heterocycles. The minimum absolute atomic E-state index is 0.00412. The first-order chi connectivity index (χ1) is 9.47. The maximum atomic E-state index is 12.5. The molecule has 1 amide bonds. The number of carbonyl (C=O) groups excluding carboxylic acids is 1. The van der Waals surface area contributed by atoms with Crippen LogP contribution in [0.1, 0.15) is 15.9 Å². The topological polar surface area (TPSA) is 60.9 Å². The molecule has 0 bridgehead atoms. The standard InChI is InChI=1S/C14H17BrN2O3/c1-10-2-3-12(15)11(8-10)14(20)17-6-4-16(5-7-17)9-13(18)19/h2-3,8H,4-7,9H2,1H3,(H,18,19). The zero-order valence-corrected chi connectivity index (χ0v) is 12.9. The fourth-order valence-electron chi connectivity index (χ4n) is 2.27. The van der Waals surface area contributed by atoms with Gasteiger partial charge in [0, 0.05) is 30.7 Å². The van der Waals surface area contributed by atoms with E-state index in [0.717, 1.165) is 10.0 Å². The molecule has 1 aliphatic rings. The first kappa shape index (κ1) is 15.0. The number of aryl methyl sites for hydroxylation is 1. The van der Waals surface area contributed by atoms with Crippen molar-refractivity contribution < 1.29 is 14.7 Å². The third-order valence-electron chi connectivity index (χ3n) is 3.37. The van der Waals surface area contributed by atoms with E-state index in [9.17, 15) is 9.59 Å². The average molecular weight is 341 g/mol. The van der Waals surface area contributed by atoms with Gasteiger partial charge in [-0.05, 0) is 35.0 Å². The van der Waals surface area contributed by atoms with E-state index in [1.54, 1.807) is 4.90 Å². The van der Waals surface area contributed by atoms with Crippen LogP contribution < -0.4 is 0 Å². The van der Waals surface area contributed by atoms with Crippen molar-refractivity contribution >= 4 is 27.8 Å². The van der Waals surface area contributed by atoms with Gasteiger partial charge >= 0.3 is 5.97 Å². The molecule has 108 valence electrons. The smallest absolute Gasteiger partial charge is 0.317 e. The van der Waals surface area contributed by atoms with Crippen molar-refractivity contribution in [2.75, 3.05) is 32.7 Å². The molecule has 20 heavy (non-hydrogen) atoms. The van der Waals surface area contributed by atoms with Crippen molar-refractivity contribution in [2.45, 2.75) is 6.92 Å². The number of nitrogens with zero attached hydrogens (tertiary/aromatic N) is 2. The number of benzene rings is 1. The Labute approximate surface area is 126 Å². The molecule has 1 aromatic carbocycles. The fourth-order valence-corrected chi connectivity index (χ4v) is 2.69. The van der Waals surface area contributed by atoms with E-state index in [1.165, 1.54) is 0 Å². The first-order valence-electron chi connectivity index (χ1n) is 6.47. The number of hydrogen-bond donors (Lipinski definition) is 1. The van der Waals surface area contributed by atoms with Crippen LogP contribution in [0.5, 0.6) is 0 Å². The maximum absolute atomic E-state index is 12.5. The summed E-state index contributed by atoms with van der Waals surface area (Å²) in [5.74, 6) is -0.832. The van der Waals surface area contributed by atoms with Crippen molar-refractivity contribution in [3.05, 3.63) is 33.8 Å². The number of amides is 1. The summed E-state index contributed by atoms with van der Waals surface area (Å²) in [6.45, 7) is 4.31. The highest BCUT2D eigenvalue weighted by molar-refractivity contribution is 9.10. The van der Waals surface area contributed by atoms with Crippen molar-refractivity contribution in [1.82, 2.24) is 9.80 Å². The Morgan fingerprint density at radius 1 is 1.25 bits per heavy atom. The molecule has 1 aromatic rings. The van der Waals surface area contributed by atoms with Gasteiger partial charge in [-0.25, -0.2) is 0 Å². The van der Waals surface area contributed by atoms with Gasteiger partial charge in [0.15, 0.2) is 0 Å². The van der Waals surface area contributed by atoms with E-state index in [1.807, 2.05) is 30.0 Å². The number of rotatable bonds is 3. The number of piperazine rings is 1. The lowest BCUT2D eigenvalue weighted by Crippen LogP contribution is -2.49. The van der Waals surface area contributed by atoms with Crippen LogP contribution in [0.3, 0.4) is 0 Å². The molecule has 0 radical (unpaired) electrons. The van der Waals surface area contributed by atoms with Crippen molar-refractivity contribution in [3.8, 4) is 0 Å². The van der Waals surface area contributed by atoms with Gasteiger partial charge in [-0.2, -0.15) is 0 Å². The van der Waals surface area contributed by atoms with Gasteiger partial charge in [0.1, 0.15) is 0 Å². The highest BCUT2D eigenvalue weighted by atomic mass is 79.9. The van der Waals surface area contributed by atoms with Gasteiger partial charge in [-0.3, -0.25) is 14.5 Å². The number of halogens is 1. The highest BCUT2D eigenvalue weighted by Gasteiger charge is 2.24. The summed E-state index contributed by atoms with van der Waals surface area (Å²) in [5, 5.41) is 8.76. The molecule has 0 unspecified atom stereocenters. The third-order valence-corrected chi connectivity index (χ3v) is 4.06. The number of carboxylic acid groups (broad SMARTS) is 1. The van der Waals surface area contributed by atoms with E-state index in [4.69, 9.17) is 5.11 Å². The molecular formula is C14H17BrN2O3. The minimum atomic E-state index is -0.828. The Kier molecular flexibility index (Phi) is 4.77. The van der Waals surface area contributed by atoms with Crippen LogP contribution >= 0.6 is 15.9 Å². The second kappa shape index (κ2) is 6.37. The quantitative estimate of drug-likeness (QED) is 0.907. The Hall–Kier alpha value is -1.40. The molecule has 1 saturated heterocycles. The zero-order chi connectivity index (χ0) is 14.7. The summed E-state index contributed by atoms with van der Waals surface area (Å²) < 4.78 is 0.793. The molecule has 0 aliphatic carbocycles. The number of carboxylic acids is 1. The SMILES string of the molecule is Cc1ccc(Br)c(C(=O)N2CCN(CC(=O)O)CC2)c1. The van der Waals surface area contributed by atoms with Gasteiger partial charge in [0.25, 0.3) is 5.91 Å². The summed E-state index contributed by atoms with van der Waals surface area (Å²) in [6.07, 6.45) is 0. The van der Waals surface area contributed by atoms with Crippen LogP contribution in [0.25, 0.3) is 0 Å². The molecule has 6 heteroatoms. The van der Waals surface area contributed by atoms with Crippen molar-refractivity contribution in [1.29, 1.82) is 0 Å². The van der Waals surface area contributed by atoms with Crippen LogP contribution in [0.4, 0.5) is 0 Å². The van der Waals surface area contributed by atoms with Gasteiger partial charge in [-0.1, -0.05) is 11.6 Å². The van der Waals surface area contributed by atoms with Crippen LogP contribution in [-0.2, 0) is 4.79 Å². The van der Waals surface area contributed by atoms with E-state index in [0.29, 0.717) is 31.7 Å². The zero-order valence-electron chi connectivity index (χ0n) is 11.3. The van der Waals surface area contributed by atoms with Crippen LogP contribution in [0.2, 0.25) is 0 Å². The Morgan fingerprint density at radius 2 is 1.90 bits per heavy atom. The van der Waals surface area contributed by atoms with Gasteiger partial charge < -0.3 is 10.0 Å². The Morgan fingerprint density at radius 3 is 2.50 bits per heavy atom. The normalized spacial score (nSPS) is 16.2. The van der Waals surface area contributed by atoms with Crippen LogP contribution in [0.15, 0.2) is 22.7 Å². The van der Waals surface area contributed by atoms with E-state index in [-0.39, 0.29) is 12.5 Å². The highest BCUT2D eigenvalue weighted by Crippen LogP contribution is 2.20. The monoisotopic (exact) mass is 340 g/mol. The Balaban J connectivity index is 2.01. The Bertz CT molecular complexity index is 525. The fraction of sp³-hybridized carbons (Fsp3) is 0.429. The number of aliphatic carboxylic acids is 1. The second-order valence-corrected chi connectivity index (χ2v) is 5.80. The predicted octanol–water partition coefficient (Wildman–Crippen LogP) is 1.60. The molecule has 1 heterocycles. The lowest BCUT2D eigenvalue weighted by Gasteiger charge is -2.34. The summed E-state index contributed by atoms with van der Waals surface area (Å²) in [4.78, 5) is 26.7. The largest absolute Gasteiger partial charge is 0.480 e. The molecule has 1 N–H and O–H groups in total. The van der Waals surface area contributed by atoms with Gasteiger partial charge in [-0.15, -0.1) is 0 Å². The van der Waals surface area contributed by atoms with Crippen LogP contribution in [-0.4, -0.2) is 59.5 Å². The molecule has 1 aliphatic heterocycles. The van der Waals surface area contributed by atoms with Crippen molar-refractivity contribution in [3.63, 3.8) is 0 Å². The number of carbonyl (C=O) groups is 2. The molecule has 0 spiro atoms. The number of hydrogen-bond acceptors (Lipinski definition) is 3. The van der Waals surface area contributed by atoms with Crippen molar-refractivity contribution in [2.24, 2.45) is 0 Å². The molecule has 5 nitrogen and oxygen atoms in total. The van der Waals surface area contributed by atoms with E-state index in [2.05, 4.69) is 15.9 Å². The summed E-state index contributed by atoms with van der Waals surface area (Å²) in [6, 6.07) is 5.70. The second-order valence-electron chi connectivity index (χ2n) is 4.95. The molecule has 0 saturated carbocycles. The molecule has 0 atom stereocenters. The molecular weight excluding hydrogens is 324 g/mol. The predicted molar refractivity (Wildman–Crippen MR) is 78.9 cm³/mol. The average Bonchev–Trinajstić information content (AvgIpc) is 2.41. The lowest BCUT2D eigenvalue weighted by molar-refractivity contribution is -0.138. The van der Waals surface area contributed by atoms with E-state index < -0.39 is 5.97 Å². The molecule has 1 fully saturated rings. The summed E-state index contributed by atoms with van der Waals surface area (Å²) in [7, 11) is 0. The lowest BCUT2D eigenvalue weighted by atomic mass is 10.1. The molecule has 2 rings (SSSR count). The van der Waals surface area contributed by atoms with Gasteiger partial charge in [0.2, 0.25) is 0 Å². The van der Waals surface area contributed by atoms with Gasteiger partial charge in [0.05, 0.1) is 12.1 Å². The summed E-state index contributed by atoms with van der Waals surface area (Å²) >= 11 is 3.41. The summed E-state index contributed by atoms with van der Waals surface area (Å²) in [5.41, 5.74) is 1.71. The minimum Gasteiger partial charge on any atom is -0.480 e. The van der Waals surface area contributed by atoms with Crippen LogP contribution in [0, 0.1) is 6.92 Å².